The Bertz CT molecular complexity index is 1160. The van der Waals surface area contributed by atoms with Crippen LogP contribution in [0.25, 0.3) is 17.2 Å². The Morgan fingerprint density at radius 1 is 1.00 bits per heavy atom. The van der Waals surface area contributed by atoms with Crippen molar-refractivity contribution >= 4 is 18.1 Å². The van der Waals surface area contributed by atoms with Gasteiger partial charge in [0, 0.05) is 23.9 Å². The van der Waals surface area contributed by atoms with Crippen LogP contribution in [0.2, 0.25) is 0 Å². The van der Waals surface area contributed by atoms with Gasteiger partial charge in [-0.05, 0) is 54.7 Å². The minimum atomic E-state index is -0.465. The first-order chi connectivity index (χ1) is 16.0. The average molecular weight is 445 g/mol. The molecular weight excluding hydrogens is 416 g/mol. The number of aromatic nitrogens is 1. The van der Waals surface area contributed by atoms with E-state index in [1.165, 1.54) is 22.3 Å². The zero-order valence-corrected chi connectivity index (χ0v) is 19.1. The molecule has 6 heteroatoms. The molecule has 1 heterocycles. The van der Waals surface area contributed by atoms with Gasteiger partial charge in [-0.2, -0.15) is 0 Å². The van der Waals surface area contributed by atoms with E-state index in [-0.39, 0.29) is 18.5 Å². The summed E-state index contributed by atoms with van der Waals surface area (Å²) in [5, 5.41) is 2.76. The molecule has 0 spiro atoms. The number of esters is 1. The Hall–Kier alpha value is -3.80. The summed E-state index contributed by atoms with van der Waals surface area (Å²) in [6.45, 7) is 6.41. The quantitative estimate of drug-likeness (QED) is 0.481. The number of aromatic amines is 1. The van der Waals surface area contributed by atoms with Crippen molar-refractivity contribution in [3.8, 4) is 11.1 Å². The first kappa shape index (κ1) is 22.4. The zero-order valence-electron chi connectivity index (χ0n) is 19.1. The van der Waals surface area contributed by atoms with Crippen molar-refractivity contribution in [3.63, 3.8) is 0 Å². The highest BCUT2D eigenvalue weighted by molar-refractivity contribution is 5.93. The van der Waals surface area contributed by atoms with Crippen LogP contribution < -0.4 is 5.32 Å². The van der Waals surface area contributed by atoms with Crippen LogP contribution in [0.4, 0.5) is 4.79 Å². The average Bonchev–Trinajstić information content (AvgIpc) is 3.28. The van der Waals surface area contributed by atoms with Crippen LogP contribution in [0.15, 0.2) is 54.6 Å². The maximum Gasteiger partial charge on any atom is 0.407 e. The highest BCUT2D eigenvalue weighted by Crippen LogP contribution is 2.44. The van der Waals surface area contributed by atoms with E-state index in [0.717, 1.165) is 17.0 Å². The third kappa shape index (κ3) is 4.55. The number of hydrogen-bond donors (Lipinski definition) is 2. The van der Waals surface area contributed by atoms with Gasteiger partial charge in [0.1, 0.15) is 6.61 Å². The molecule has 0 fully saturated rings. The molecule has 6 nitrogen and oxygen atoms in total. The number of alkyl carbamates (subject to hydrolysis) is 1. The normalized spacial score (nSPS) is 12.5. The summed E-state index contributed by atoms with van der Waals surface area (Å²) in [5.41, 5.74) is 7.71. The molecule has 0 radical (unpaired) electrons. The molecule has 0 bridgehead atoms. The summed E-state index contributed by atoms with van der Waals surface area (Å²) in [7, 11) is 0. The Kier molecular flexibility index (Phi) is 6.63. The number of carbonyl (C=O) groups is 2. The van der Waals surface area contributed by atoms with Gasteiger partial charge in [-0.15, -0.1) is 0 Å². The van der Waals surface area contributed by atoms with E-state index in [0.29, 0.717) is 18.7 Å². The van der Waals surface area contributed by atoms with E-state index in [9.17, 15) is 9.59 Å². The fourth-order valence-corrected chi connectivity index (χ4v) is 4.42. The zero-order chi connectivity index (χ0) is 23.4. The summed E-state index contributed by atoms with van der Waals surface area (Å²) in [6.07, 6.45) is 3.19. The van der Waals surface area contributed by atoms with Crippen molar-refractivity contribution in [1.82, 2.24) is 10.3 Å². The third-order valence-electron chi connectivity index (χ3n) is 5.95. The van der Waals surface area contributed by atoms with Crippen molar-refractivity contribution in [3.05, 3.63) is 88.2 Å². The van der Waals surface area contributed by atoms with Gasteiger partial charge in [-0.25, -0.2) is 9.59 Å². The summed E-state index contributed by atoms with van der Waals surface area (Å²) in [5.74, 6) is -0.301. The van der Waals surface area contributed by atoms with Crippen molar-refractivity contribution in [2.75, 3.05) is 19.8 Å². The lowest BCUT2D eigenvalue weighted by Crippen LogP contribution is -2.26. The van der Waals surface area contributed by atoms with Crippen LogP contribution in [-0.4, -0.2) is 36.8 Å². The van der Waals surface area contributed by atoms with Gasteiger partial charge in [0.2, 0.25) is 0 Å². The molecule has 1 amide bonds. The number of aryl methyl sites for hydroxylation is 1. The van der Waals surface area contributed by atoms with Crippen LogP contribution in [0.5, 0.6) is 0 Å². The molecule has 3 aromatic rings. The molecule has 0 saturated carbocycles. The van der Waals surface area contributed by atoms with Gasteiger partial charge in [0.05, 0.1) is 12.2 Å². The third-order valence-corrected chi connectivity index (χ3v) is 5.95. The molecule has 0 aliphatic heterocycles. The molecule has 0 unspecified atom stereocenters. The van der Waals surface area contributed by atoms with E-state index in [4.69, 9.17) is 9.47 Å². The summed E-state index contributed by atoms with van der Waals surface area (Å²) in [4.78, 5) is 27.6. The first-order valence-corrected chi connectivity index (χ1v) is 11.1. The van der Waals surface area contributed by atoms with Crippen LogP contribution in [0.1, 0.15) is 51.3 Å². The molecule has 2 N–H and O–H groups in total. The van der Waals surface area contributed by atoms with Gasteiger partial charge in [-0.3, -0.25) is 0 Å². The Balaban J connectivity index is 1.33. The molecule has 1 aliphatic rings. The fraction of sp³-hybridized carbons (Fsp3) is 0.259. The van der Waals surface area contributed by atoms with Crippen LogP contribution >= 0.6 is 0 Å². The highest BCUT2D eigenvalue weighted by Gasteiger charge is 2.28. The van der Waals surface area contributed by atoms with Gasteiger partial charge in [0.15, 0.2) is 0 Å². The standard InChI is InChI=1S/C27H28N2O4/c1-4-32-26(30)25-17(2)24(29-18(25)3)14-9-15-28-27(31)33-16-23-21-12-7-5-10-19(21)20-11-6-8-13-22(20)23/h5-14,23,29H,4,15-16H2,1-3H3,(H,28,31). The van der Waals surface area contributed by atoms with Gasteiger partial charge in [-0.1, -0.05) is 54.6 Å². The summed E-state index contributed by atoms with van der Waals surface area (Å²) in [6, 6.07) is 16.5. The van der Waals surface area contributed by atoms with E-state index in [2.05, 4.69) is 34.6 Å². The van der Waals surface area contributed by atoms with Crippen LogP contribution in [0.3, 0.4) is 0 Å². The predicted molar refractivity (Wildman–Crippen MR) is 128 cm³/mol. The maximum absolute atomic E-state index is 12.3. The van der Waals surface area contributed by atoms with Gasteiger partial charge >= 0.3 is 12.1 Å². The number of hydrogen-bond acceptors (Lipinski definition) is 4. The largest absolute Gasteiger partial charge is 0.462 e. The minimum absolute atomic E-state index is 0.0320. The molecule has 33 heavy (non-hydrogen) atoms. The molecule has 0 atom stereocenters. The number of carbonyl (C=O) groups excluding carboxylic acids is 2. The van der Waals surface area contributed by atoms with E-state index >= 15 is 0 Å². The summed E-state index contributed by atoms with van der Waals surface area (Å²) >= 11 is 0. The van der Waals surface area contributed by atoms with E-state index in [1.54, 1.807) is 6.92 Å². The van der Waals surface area contributed by atoms with Crippen molar-refractivity contribution in [1.29, 1.82) is 0 Å². The lowest BCUT2D eigenvalue weighted by molar-refractivity contribution is 0.0525. The number of fused-ring (bicyclic) bond motifs is 3. The molecule has 170 valence electrons. The second kappa shape index (κ2) is 9.77. The number of benzene rings is 2. The smallest absolute Gasteiger partial charge is 0.407 e. The van der Waals surface area contributed by atoms with E-state index < -0.39 is 6.09 Å². The van der Waals surface area contributed by atoms with E-state index in [1.807, 2.05) is 50.3 Å². The van der Waals surface area contributed by atoms with Crippen molar-refractivity contribution < 1.29 is 19.1 Å². The number of nitrogens with one attached hydrogen (secondary N) is 2. The predicted octanol–water partition coefficient (Wildman–Crippen LogP) is 5.36. The Labute approximate surface area is 193 Å². The molecule has 4 rings (SSSR count). The number of amides is 1. The van der Waals surface area contributed by atoms with Crippen LogP contribution in [-0.2, 0) is 9.47 Å². The number of ether oxygens (including phenoxy) is 2. The lowest BCUT2D eigenvalue weighted by atomic mass is 9.98. The SMILES string of the molecule is CCOC(=O)c1c(C)[nH]c(C=CCNC(=O)OCC2c3ccccc3-c3ccccc32)c1C. The van der Waals surface area contributed by atoms with Crippen molar-refractivity contribution in [2.45, 2.75) is 26.7 Å². The summed E-state index contributed by atoms with van der Waals surface area (Å²) < 4.78 is 10.7. The molecular formula is C27H28N2O4. The molecule has 1 aromatic heterocycles. The Morgan fingerprint density at radius 3 is 2.27 bits per heavy atom. The molecule has 1 aliphatic carbocycles. The highest BCUT2D eigenvalue weighted by atomic mass is 16.5. The number of rotatable bonds is 7. The fourth-order valence-electron chi connectivity index (χ4n) is 4.42. The van der Waals surface area contributed by atoms with Crippen molar-refractivity contribution in [2.24, 2.45) is 0 Å². The second-order valence-corrected chi connectivity index (χ2v) is 7.99. The molecule has 2 aromatic carbocycles. The monoisotopic (exact) mass is 444 g/mol. The topological polar surface area (TPSA) is 80.4 Å². The number of H-pyrrole nitrogens is 1. The Morgan fingerprint density at radius 2 is 1.64 bits per heavy atom. The van der Waals surface area contributed by atoms with Gasteiger partial charge in [0.25, 0.3) is 0 Å². The first-order valence-electron chi connectivity index (χ1n) is 11.1. The lowest BCUT2D eigenvalue weighted by Gasteiger charge is -2.14. The van der Waals surface area contributed by atoms with Crippen LogP contribution in [0, 0.1) is 13.8 Å². The van der Waals surface area contributed by atoms with Gasteiger partial charge < -0.3 is 19.8 Å². The molecule has 0 saturated heterocycles. The maximum atomic E-state index is 12.3. The minimum Gasteiger partial charge on any atom is -0.462 e. The second-order valence-electron chi connectivity index (χ2n) is 7.99.